The fourth-order valence-electron chi connectivity index (χ4n) is 7.87. The van der Waals surface area contributed by atoms with Crippen molar-refractivity contribution in [2.24, 2.45) is 12.5 Å². The van der Waals surface area contributed by atoms with Gasteiger partial charge in [0.25, 0.3) is 0 Å². The Labute approximate surface area is 220 Å². The highest BCUT2D eigenvalue weighted by Crippen LogP contribution is 2.54. The number of aryl methyl sites for hydroxylation is 4. The van der Waals surface area contributed by atoms with E-state index in [9.17, 15) is 0 Å². The summed E-state index contributed by atoms with van der Waals surface area (Å²) < 4.78 is 2.39. The summed E-state index contributed by atoms with van der Waals surface area (Å²) in [4.78, 5) is 3.03. The lowest BCUT2D eigenvalue weighted by molar-refractivity contribution is -0.659. The van der Waals surface area contributed by atoms with Crippen LogP contribution in [0.4, 0.5) is 0 Å². The van der Waals surface area contributed by atoms with Crippen LogP contribution in [0.15, 0.2) is 52.4 Å². The van der Waals surface area contributed by atoms with Gasteiger partial charge >= 0.3 is 0 Å². The predicted octanol–water partition coefficient (Wildman–Crippen LogP) is 9.21. The van der Waals surface area contributed by atoms with Crippen LogP contribution < -0.4 is 4.57 Å². The summed E-state index contributed by atoms with van der Waals surface area (Å²) in [6.45, 7) is 7.18. The van der Waals surface area contributed by atoms with E-state index in [0.717, 1.165) is 0 Å². The second-order valence-electron chi connectivity index (χ2n) is 11.8. The molecular formula is C34H38NS+. The number of nitrogens with zero attached hydrogens (tertiary/aromatic N) is 1. The molecule has 1 nitrogen and oxygen atoms in total. The number of fused-ring (bicyclic) bond motifs is 3. The molecule has 2 heteroatoms. The maximum absolute atomic E-state index is 2.59. The van der Waals surface area contributed by atoms with Gasteiger partial charge in [0.1, 0.15) is 7.05 Å². The number of hydrogen-bond donors (Lipinski definition) is 0. The number of rotatable bonds is 3. The summed E-state index contributed by atoms with van der Waals surface area (Å²) >= 11 is 2.08. The van der Waals surface area contributed by atoms with E-state index in [4.69, 9.17) is 0 Å². The molecule has 0 saturated heterocycles. The Bertz CT molecular complexity index is 1530. The molecule has 1 aliphatic heterocycles. The molecule has 1 aromatic heterocycles. The lowest BCUT2D eigenvalue weighted by Crippen LogP contribution is -2.32. The van der Waals surface area contributed by atoms with Crippen molar-refractivity contribution in [2.75, 3.05) is 0 Å². The molecule has 0 atom stereocenters. The van der Waals surface area contributed by atoms with Crippen molar-refractivity contribution in [2.45, 2.75) is 94.3 Å². The topological polar surface area (TPSA) is 3.88 Å². The largest absolute Gasteiger partial charge is 0.222 e. The minimum absolute atomic E-state index is 0.592. The Morgan fingerprint density at radius 2 is 1.81 bits per heavy atom. The number of hydrogen-bond acceptors (Lipinski definition) is 1. The van der Waals surface area contributed by atoms with Crippen molar-refractivity contribution < 1.29 is 4.57 Å². The van der Waals surface area contributed by atoms with Gasteiger partial charge in [-0.3, -0.25) is 0 Å². The lowest BCUT2D eigenvalue weighted by atomic mass is 9.66. The molecule has 0 radical (unpaired) electrons. The second-order valence-corrected chi connectivity index (χ2v) is 12.9. The standard InChI is InChI=1S/C34H38NS/c1-5-34(6-2)16-13-22(14-17-34)25-19-24-15-18-35(4)32-29-21(3)26-11-7-9-23-10-8-12-27(30(23)26)33(29)36-28(20-25)31(24)32/h7,9,11,15,18-20,22H,5-6,8,10,12-14,16-17H2,1-4H3/q+1. The Balaban J connectivity index is 1.43. The van der Waals surface area contributed by atoms with E-state index in [2.05, 4.69) is 86.7 Å². The van der Waals surface area contributed by atoms with Gasteiger partial charge in [-0.2, -0.15) is 0 Å². The first-order chi connectivity index (χ1) is 17.5. The molecule has 2 heterocycles. The summed E-state index contributed by atoms with van der Waals surface area (Å²) in [7, 11) is 2.24. The van der Waals surface area contributed by atoms with Crippen molar-refractivity contribution in [1.29, 1.82) is 0 Å². The van der Waals surface area contributed by atoms with Crippen molar-refractivity contribution in [3.63, 3.8) is 0 Å². The van der Waals surface area contributed by atoms with E-state index in [1.54, 1.807) is 27.0 Å². The molecule has 36 heavy (non-hydrogen) atoms. The average Bonchev–Trinajstić information content (AvgIpc) is 2.92. The lowest BCUT2D eigenvalue weighted by Gasteiger charge is -2.39. The first-order valence-electron chi connectivity index (χ1n) is 14.2. The van der Waals surface area contributed by atoms with Gasteiger partial charge in [-0.15, -0.1) is 0 Å². The normalized spacial score (nSPS) is 18.6. The van der Waals surface area contributed by atoms with Gasteiger partial charge in [-0.1, -0.05) is 62.7 Å². The molecule has 0 spiro atoms. The Hall–Kier alpha value is -2.32. The van der Waals surface area contributed by atoms with Gasteiger partial charge < -0.3 is 0 Å². The highest BCUT2D eigenvalue weighted by atomic mass is 32.2. The van der Waals surface area contributed by atoms with E-state index in [1.165, 1.54) is 95.7 Å². The molecule has 1 fully saturated rings. The Morgan fingerprint density at radius 3 is 2.58 bits per heavy atom. The van der Waals surface area contributed by atoms with Gasteiger partial charge in [0.15, 0.2) is 6.20 Å². The smallest absolute Gasteiger partial charge is 0.200 e. The third-order valence-electron chi connectivity index (χ3n) is 10.3. The molecule has 1 saturated carbocycles. The molecule has 0 N–H and O–H groups in total. The van der Waals surface area contributed by atoms with Crippen molar-refractivity contribution in [3.05, 3.63) is 64.8 Å². The van der Waals surface area contributed by atoms with Crippen LogP contribution in [0.25, 0.3) is 32.8 Å². The van der Waals surface area contributed by atoms with Gasteiger partial charge in [0, 0.05) is 15.9 Å². The minimum Gasteiger partial charge on any atom is -0.200 e. The molecule has 184 valence electrons. The maximum atomic E-state index is 2.59. The van der Waals surface area contributed by atoms with Crippen LogP contribution in [0.3, 0.4) is 0 Å². The van der Waals surface area contributed by atoms with Gasteiger partial charge in [0.05, 0.1) is 10.9 Å². The van der Waals surface area contributed by atoms with E-state index in [0.29, 0.717) is 11.3 Å². The molecule has 4 aromatic rings. The molecule has 7 rings (SSSR count). The van der Waals surface area contributed by atoms with Crippen LogP contribution in [0.5, 0.6) is 0 Å². The number of aromatic nitrogens is 1. The summed E-state index contributed by atoms with van der Waals surface area (Å²) in [5.74, 6) is 0.708. The van der Waals surface area contributed by atoms with Crippen molar-refractivity contribution in [3.8, 4) is 11.3 Å². The molecule has 2 aliphatic carbocycles. The van der Waals surface area contributed by atoms with Gasteiger partial charge in [0.2, 0.25) is 5.69 Å². The quantitative estimate of drug-likeness (QED) is 0.227. The van der Waals surface area contributed by atoms with Crippen LogP contribution >= 0.6 is 11.8 Å². The molecular weight excluding hydrogens is 454 g/mol. The Kier molecular flexibility index (Phi) is 5.30. The van der Waals surface area contributed by atoms with E-state index in [1.807, 2.05) is 0 Å². The average molecular weight is 493 g/mol. The van der Waals surface area contributed by atoms with Crippen LogP contribution in [0, 0.1) is 12.3 Å². The summed E-state index contributed by atoms with van der Waals surface area (Å²) in [6.07, 6.45) is 14.1. The second kappa shape index (κ2) is 8.35. The molecule has 3 aromatic carbocycles. The van der Waals surface area contributed by atoms with E-state index < -0.39 is 0 Å². The molecule has 0 amide bonds. The zero-order chi connectivity index (χ0) is 24.6. The third-order valence-corrected chi connectivity index (χ3v) is 11.5. The first kappa shape index (κ1) is 22.8. The maximum Gasteiger partial charge on any atom is 0.222 e. The zero-order valence-corrected chi connectivity index (χ0v) is 23.2. The van der Waals surface area contributed by atoms with Crippen LogP contribution in [0.2, 0.25) is 0 Å². The van der Waals surface area contributed by atoms with Crippen molar-refractivity contribution in [1.82, 2.24) is 0 Å². The Morgan fingerprint density at radius 1 is 1.00 bits per heavy atom. The fraction of sp³-hybridized carbons (Fsp3) is 0.441. The first-order valence-corrected chi connectivity index (χ1v) is 15.1. The minimum atomic E-state index is 0.592. The molecule has 3 aliphatic rings. The summed E-state index contributed by atoms with van der Waals surface area (Å²) in [5.41, 5.74) is 9.72. The van der Waals surface area contributed by atoms with Crippen molar-refractivity contribution >= 4 is 33.3 Å². The third kappa shape index (κ3) is 3.19. The number of benzene rings is 3. The number of pyridine rings is 1. The zero-order valence-electron chi connectivity index (χ0n) is 22.3. The highest BCUT2D eigenvalue weighted by molar-refractivity contribution is 7.99. The molecule has 0 unspecified atom stereocenters. The van der Waals surface area contributed by atoms with Crippen LogP contribution in [-0.4, -0.2) is 0 Å². The highest BCUT2D eigenvalue weighted by Gasteiger charge is 2.35. The van der Waals surface area contributed by atoms with Crippen LogP contribution in [-0.2, 0) is 19.9 Å². The SMILES string of the molecule is CCC1(CC)CCC(c2cc3c4c([n+](C)ccc4c2)-c2c(c4c5c(cccc5c2C)CCC4)S3)CC1. The molecule has 0 bridgehead atoms. The monoisotopic (exact) mass is 492 g/mol. The summed E-state index contributed by atoms with van der Waals surface area (Å²) in [5, 5.41) is 5.93. The van der Waals surface area contributed by atoms with Crippen LogP contribution in [0.1, 0.15) is 87.0 Å². The van der Waals surface area contributed by atoms with E-state index in [-0.39, 0.29) is 0 Å². The summed E-state index contributed by atoms with van der Waals surface area (Å²) in [6, 6.07) is 14.5. The predicted molar refractivity (Wildman–Crippen MR) is 153 cm³/mol. The van der Waals surface area contributed by atoms with E-state index >= 15 is 0 Å². The van der Waals surface area contributed by atoms with Gasteiger partial charge in [-0.05, 0) is 108 Å². The van der Waals surface area contributed by atoms with Gasteiger partial charge in [-0.25, -0.2) is 4.57 Å². The fourth-order valence-corrected chi connectivity index (χ4v) is 9.28.